The Morgan fingerprint density at radius 3 is 2.82 bits per heavy atom. The van der Waals surface area contributed by atoms with Gasteiger partial charge in [0, 0.05) is 6.07 Å². The monoisotopic (exact) mass is 227 g/mol. The molecular weight excluding hydrogens is 218 g/mol. The van der Waals surface area contributed by atoms with Crippen LogP contribution in [0, 0.1) is 0 Å². The molecule has 0 spiro atoms. The van der Waals surface area contributed by atoms with Crippen LogP contribution in [0.2, 0.25) is 0 Å². The van der Waals surface area contributed by atoms with Crippen LogP contribution < -0.4 is 4.74 Å². The number of nitrogens with zero attached hydrogens (tertiary/aromatic N) is 3. The maximum Gasteiger partial charge on any atom is 0.339 e. The average molecular weight is 227 g/mol. The summed E-state index contributed by atoms with van der Waals surface area (Å²) in [6.45, 7) is 0. The molecule has 0 amide bonds. The molecule has 1 N–H and O–H groups in total. The lowest BCUT2D eigenvalue weighted by molar-refractivity contribution is 0.430. The highest BCUT2D eigenvalue weighted by Crippen LogP contribution is 2.18. The molecule has 0 aliphatic carbocycles. The first-order chi connectivity index (χ1) is 8.31. The minimum Gasteiger partial charge on any atom is -0.506 e. The van der Waals surface area contributed by atoms with Crippen LogP contribution in [0.1, 0.15) is 0 Å². The third-order valence-electron chi connectivity index (χ3n) is 2.27. The number of ether oxygens (including phenoxy) is 1. The summed E-state index contributed by atoms with van der Waals surface area (Å²) in [5, 5.41) is 13.4. The molecule has 2 aromatic heterocycles. The van der Waals surface area contributed by atoms with E-state index < -0.39 is 0 Å². The van der Waals surface area contributed by atoms with E-state index in [4.69, 9.17) is 4.74 Å². The van der Waals surface area contributed by atoms with Gasteiger partial charge in [0.2, 0.25) is 0 Å². The van der Waals surface area contributed by atoms with Crippen LogP contribution in [0.5, 0.6) is 17.5 Å². The van der Waals surface area contributed by atoms with Crippen molar-refractivity contribution in [2.45, 2.75) is 0 Å². The molecule has 0 saturated carbocycles. The van der Waals surface area contributed by atoms with Crippen LogP contribution in [-0.2, 0) is 0 Å². The van der Waals surface area contributed by atoms with E-state index in [0.717, 1.165) is 0 Å². The van der Waals surface area contributed by atoms with Gasteiger partial charge in [-0.25, -0.2) is 4.52 Å². The predicted molar refractivity (Wildman–Crippen MR) is 61.2 cm³/mol. The maximum absolute atomic E-state index is 9.31. The quantitative estimate of drug-likeness (QED) is 0.729. The molecule has 0 fully saturated rings. The topological polar surface area (TPSA) is 59.7 Å². The lowest BCUT2D eigenvalue weighted by Crippen LogP contribution is -1.96. The largest absolute Gasteiger partial charge is 0.506 e. The van der Waals surface area contributed by atoms with Gasteiger partial charge in [-0.2, -0.15) is 4.98 Å². The average Bonchev–Trinajstić information content (AvgIpc) is 2.70. The Balaban J connectivity index is 1.95. The first-order valence-corrected chi connectivity index (χ1v) is 5.08. The molecule has 84 valence electrons. The van der Waals surface area contributed by atoms with Gasteiger partial charge in [-0.05, 0) is 12.1 Å². The number of rotatable bonds is 2. The molecule has 0 aliphatic heterocycles. The van der Waals surface area contributed by atoms with Crippen molar-refractivity contribution in [3.63, 3.8) is 0 Å². The second-order valence-corrected chi connectivity index (χ2v) is 3.52. The Kier molecular flexibility index (Phi) is 2.15. The van der Waals surface area contributed by atoms with Crippen molar-refractivity contribution < 1.29 is 9.84 Å². The van der Waals surface area contributed by atoms with E-state index in [1.165, 1.54) is 10.7 Å². The van der Waals surface area contributed by atoms with Crippen LogP contribution in [0.25, 0.3) is 5.52 Å². The van der Waals surface area contributed by atoms with E-state index in [-0.39, 0.29) is 11.8 Å². The molecule has 0 atom stereocenters. The maximum atomic E-state index is 9.31. The number of hydrogen-bond donors (Lipinski definition) is 1. The summed E-state index contributed by atoms with van der Waals surface area (Å²) in [4.78, 5) is 4.05. The molecular formula is C12H9N3O2. The van der Waals surface area contributed by atoms with E-state index >= 15 is 0 Å². The standard InChI is InChI=1S/C12H9N3O2/c16-10-6-9-7-13-12(14-15(9)8-10)17-11-4-2-1-3-5-11/h1-8,16H. The van der Waals surface area contributed by atoms with Crippen molar-refractivity contribution in [2.75, 3.05) is 0 Å². The lowest BCUT2D eigenvalue weighted by atomic mass is 10.3. The lowest BCUT2D eigenvalue weighted by Gasteiger charge is -2.02. The predicted octanol–water partition coefficient (Wildman–Crippen LogP) is 2.23. The van der Waals surface area contributed by atoms with Gasteiger partial charge in [0.05, 0.1) is 17.9 Å². The van der Waals surface area contributed by atoms with Gasteiger partial charge in [0.15, 0.2) is 0 Å². The molecule has 2 heterocycles. The fourth-order valence-electron chi connectivity index (χ4n) is 1.52. The van der Waals surface area contributed by atoms with E-state index in [1.807, 2.05) is 30.3 Å². The van der Waals surface area contributed by atoms with E-state index in [9.17, 15) is 5.11 Å². The smallest absolute Gasteiger partial charge is 0.339 e. The Morgan fingerprint density at radius 2 is 2.00 bits per heavy atom. The van der Waals surface area contributed by atoms with Crippen molar-refractivity contribution in [1.29, 1.82) is 0 Å². The second kappa shape index (κ2) is 3.79. The van der Waals surface area contributed by atoms with Crippen LogP contribution in [-0.4, -0.2) is 19.7 Å². The van der Waals surface area contributed by atoms with Crippen LogP contribution in [0.3, 0.4) is 0 Å². The van der Waals surface area contributed by atoms with Gasteiger partial charge in [-0.1, -0.05) is 18.2 Å². The summed E-state index contributed by atoms with van der Waals surface area (Å²) >= 11 is 0. The zero-order valence-electron chi connectivity index (χ0n) is 8.82. The summed E-state index contributed by atoms with van der Waals surface area (Å²) in [5.74, 6) is 0.819. The van der Waals surface area contributed by atoms with Crippen molar-refractivity contribution in [3.05, 3.63) is 48.8 Å². The molecule has 0 unspecified atom stereocenters. The van der Waals surface area contributed by atoms with Gasteiger partial charge in [0.1, 0.15) is 11.5 Å². The van der Waals surface area contributed by atoms with E-state index in [0.29, 0.717) is 11.3 Å². The highest BCUT2D eigenvalue weighted by molar-refractivity contribution is 5.49. The van der Waals surface area contributed by atoms with Crippen molar-refractivity contribution in [3.8, 4) is 17.5 Å². The number of aromatic hydroxyl groups is 1. The van der Waals surface area contributed by atoms with Gasteiger partial charge in [-0.3, -0.25) is 0 Å². The van der Waals surface area contributed by atoms with Crippen LogP contribution in [0.15, 0.2) is 48.8 Å². The van der Waals surface area contributed by atoms with Crippen molar-refractivity contribution in [2.24, 2.45) is 0 Å². The Bertz CT molecular complexity index is 649. The van der Waals surface area contributed by atoms with Gasteiger partial charge < -0.3 is 9.84 Å². The molecule has 3 rings (SSSR count). The third kappa shape index (κ3) is 1.90. The van der Waals surface area contributed by atoms with E-state index in [1.54, 1.807) is 12.3 Å². The Labute approximate surface area is 96.9 Å². The number of benzene rings is 1. The number of aromatic nitrogens is 3. The molecule has 0 aliphatic rings. The normalized spacial score (nSPS) is 10.6. The van der Waals surface area contributed by atoms with E-state index in [2.05, 4.69) is 10.1 Å². The summed E-state index contributed by atoms with van der Waals surface area (Å²) in [6.07, 6.45) is 3.08. The molecule has 0 bridgehead atoms. The number of para-hydroxylation sites is 1. The van der Waals surface area contributed by atoms with Crippen molar-refractivity contribution in [1.82, 2.24) is 14.6 Å². The molecule has 3 aromatic rings. The second-order valence-electron chi connectivity index (χ2n) is 3.52. The Hall–Kier alpha value is -2.56. The summed E-state index contributed by atoms with van der Waals surface area (Å²) in [5.41, 5.74) is 0.711. The number of hydrogen-bond acceptors (Lipinski definition) is 4. The molecule has 0 radical (unpaired) electrons. The van der Waals surface area contributed by atoms with Crippen LogP contribution in [0.4, 0.5) is 0 Å². The first kappa shape index (κ1) is 9.65. The highest BCUT2D eigenvalue weighted by atomic mass is 16.5. The molecule has 5 heteroatoms. The highest BCUT2D eigenvalue weighted by Gasteiger charge is 2.03. The fraction of sp³-hybridized carbons (Fsp3) is 0. The summed E-state index contributed by atoms with van der Waals surface area (Å²) < 4.78 is 6.99. The van der Waals surface area contributed by atoms with Gasteiger partial charge >= 0.3 is 6.01 Å². The van der Waals surface area contributed by atoms with Crippen LogP contribution >= 0.6 is 0 Å². The molecule has 5 nitrogen and oxygen atoms in total. The molecule has 1 aromatic carbocycles. The third-order valence-corrected chi connectivity index (χ3v) is 2.27. The van der Waals surface area contributed by atoms with Crippen molar-refractivity contribution >= 4 is 5.52 Å². The number of fused-ring (bicyclic) bond motifs is 1. The SMILES string of the molecule is Oc1cc2cnc(Oc3ccccc3)nn2c1. The zero-order chi connectivity index (χ0) is 11.7. The fourth-order valence-corrected chi connectivity index (χ4v) is 1.52. The minimum atomic E-state index is 0.149. The van der Waals surface area contributed by atoms with Gasteiger partial charge in [0.25, 0.3) is 0 Å². The van der Waals surface area contributed by atoms with Gasteiger partial charge in [-0.15, -0.1) is 5.10 Å². The molecule has 0 saturated heterocycles. The summed E-state index contributed by atoms with van der Waals surface area (Å²) in [6, 6.07) is 11.1. The first-order valence-electron chi connectivity index (χ1n) is 5.08. The minimum absolute atomic E-state index is 0.149. The zero-order valence-corrected chi connectivity index (χ0v) is 8.82. The summed E-state index contributed by atoms with van der Waals surface area (Å²) in [7, 11) is 0. The molecule has 17 heavy (non-hydrogen) atoms. The Morgan fingerprint density at radius 1 is 1.18 bits per heavy atom.